The molecule has 25 heavy (non-hydrogen) atoms. The van der Waals surface area contributed by atoms with Gasteiger partial charge in [0.25, 0.3) is 5.91 Å². The third-order valence-electron chi connectivity index (χ3n) is 3.80. The minimum atomic E-state index is -0.295. The number of hydrogen-bond acceptors (Lipinski definition) is 5. The summed E-state index contributed by atoms with van der Waals surface area (Å²) in [5, 5.41) is 18.8. The smallest absolute Gasteiger partial charge is 0.271 e. The molecule has 0 aliphatic carbocycles. The quantitative estimate of drug-likeness (QED) is 0.451. The third kappa shape index (κ3) is 3.65. The molecule has 128 valence electrons. The van der Waals surface area contributed by atoms with Crippen LogP contribution in [0, 0.1) is 5.21 Å². The van der Waals surface area contributed by atoms with E-state index in [4.69, 9.17) is 0 Å². The summed E-state index contributed by atoms with van der Waals surface area (Å²) in [6.07, 6.45) is 1.48. The first kappa shape index (κ1) is 16.6. The summed E-state index contributed by atoms with van der Waals surface area (Å²) in [7, 11) is 0. The van der Waals surface area contributed by atoms with Crippen molar-refractivity contribution in [2.24, 2.45) is 5.10 Å². The number of benzene rings is 2. The van der Waals surface area contributed by atoms with Gasteiger partial charge in [-0.3, -0.25) is 9.42 Å². The zero-order chi connectivity index (χ0) is 18.0. The van der Waals surface area contributed by atoms with E-state index in [1.54, 1.807) is 30.3 Å². The highest BCUT2D eigenvalue weighted by Crippen LogP contribution is 2.22. The maximum Gasteiger partial charge on any atom is 0.271 e. The standard InChI is InChI=1S/C18H18N4O3/c1-18(2,3)14-7-5-13(6-8-14)17(23)20-19-11-12-4-9-16-15(10-12)21-25-22(16)24/h4-11H,1-3H3,(H,20,23)/b19-11+. The van der Waals surface area contributed by atoms with Crippen molar-refractivity contribution in [3.05, 3.63) is 64.4 Å². The maximum atomic E-state index is 12.1. The second kappa shape index (κ2) is 6.35. The molecule has 0 saturated heterocycles. The van der Waals surface area contributed by atoms with Crippen LogP contribution in [0.3, 0.4) is 0 Å². The number of hydrazone groups is 1. The van der Waals surface area contributed by atoms with E-state index >= 15 is 0 Å². The molecule has 7 heteroatoms. The van der Waals surface area contributed by atoms with Gasteiger partial charge in [0, 0.05) is 16.8 Å². The molecule has 1 amide bonds. The van der Waals surface area contributed by atoms with Crippen molar-refractivity contribution in [1.82, 2.24) is 10.6 Å². The molecule has 1 heterocycles. The molecule has 0 saturated carbocycles. The number of rotatable bonds is 3. The second-order valence-corrected chi connectivity index (χ2v) is 6.70. The van der Waals surface area contributed by atoms with Gasteiger partial charge in [-0.25, -0.2) is 5.43 Å². The number of carbonyl (C=O) groups excluding carboxylic acids is 1. The molecule has 2 aromatic carbocycles. The SMILES string of the molecule is CC(C)(C)c1ccc(C(=O)N/N=C/c2ccc3c(c2)no[n+]3[O-])cc1. The normalized spacial score (nSPS) is 12.0. The maximum absolute atomic E-state index is 12.1. The van der Waals surface area contributed by atoms with Crippen molar-refractivity contribution in [2.45, 2.75) is 26.2 Å². The Kier molecular flexibility index (Phi) is 4.22. The predicted molar refractivity (Wildman–Crippen MR) is 93.2 cm³/mol. The van der Waals surface area contributed by atoms with E-state index in [1.165, 1.54) is 6.21 Å². The number of nitrogens with zero attached hydrogens (tertiary/aromatic N) is 3. The predicted octanol–water partition coefficient (Wildman–Crippen LogP) is 2.52. The Labute approximate surface area is 144 Å². The molecule has 3 rings (SSSR count). The molecule has 0 spiro atoms. The van der Waals surface area contributed by atoms with Gasteiger partial charge in [0.2, 0.25) is 11.0 Å². The van der Waals surface area contributed by atoms with Gasteiger partial charge in [-0.1, -0.05) is 32.9 Å². The van der Waals surface area contributed by atoms with Gasteiger partial charge in [-0.15, -0.1) is 0 Å². The Bertz CT molecular complexity index is 937. The molecule has 0 aliphatic heterocycles. The van der Waals surface area contributed by atoms with Crippen molar-refractivity contribution in [2.75, 3.05) is 0 Å². The number of aromatic nitrogens is 2. The molecule has 0 bridgehead atoms. The van der Waals surface area contributed by atoms with E-state index in [1.807, 2.05) is 12.1 Å². The van der Waals surface area contributed by atoms with Gasteiger partial charge in [0.15, 0.2) is 0 Å². The molecule has 7 nitrogen and oxygen atoms in total. The molecule has 0 fully saturated rings. The monoisotopic (exact) mass is 338 g/mol. The Morgan fingerprint density at radius 2 is 1.96 bits per heavy atom. The molecule has 1 N–H and O–H groups in total. The van der Waals surface area contributed by atoms with Gasteiger partial charge in [-0.05, 0) is 45.7 Å². The third-order valence-corrected chi connectivity index (χ3v) is 3.80. The number of amides is 1. The second-order valence-electron chi connectivity index (χ2n) is 6.70. The van der Waals surface area contributed by atoms with E-state index in [-0.39, 0.29) is 11.3 Å². The molecule has 3 aromatic rings. The van der Waals surface area contributed by atoms with E-state index in [0.717, 1.165) is 5.56 Å². The topological polar surface area (TPSA) is 94.4 Å². The van der Waals surface area contributed by atoms with Gasteiger partial charge in [0.1, 0.15) is 0 Å². The van der Waals surface area contributed by atoms with Crippen LogP contribution in [0.4, 0.5) is 0 Å². The minimum Gasteiger partial charge on any atom is -0.359 e. The Morgan fingerprint density at radius 3 is 2.64 bits per heavy atom. The molecule has 0 unspecified atom stereocenters. The molecule has 0 aliphatic rings. The zero-order valence-electron chi connectivity index (χ0n) is 14.2. The Hall–Kier alpha value is -3.22. The number of carbonyl (C=O) groups is 1. The van der Waals surface area contributed by atoms with Gasteiger partial charge in [-0.2, -0.15) is 5.10 Å². The van der Waals surface area contributed by atoms with E-state index < -0.39 is 0 Å². The van der Waals surface area contributed by atoms with Crippen molar-refractivity contribution in [1.29, 1.82) is 0 Å². The Balaban J connectivity index is 1.67. The van der Waals surface area contributed by atoms with Crippen molar-refractivity contribution >= 4 is 23.2 Å². The lowest BCUT2D eigenvalue weighted by atomic mass is 9.87. The molecule has 1 aromatic heterocycles. The highest BCUT2D eigenvalue weighted by molar-refractivity contribution is 5.95. The number of fused-ring (bicyclic) bond motifs is 1. The average molecular weight is 338 g/mol. The molecular weight excluding hydrogens is 320 g/mol. The molecular formula is C18H18N4O3. The van der Waals surface area contributed by atoms with E-state index in [9.17, 15) is 10.0 Å². The van der Waals surface area contributed by atoms with Crippen LogP contribution < -0.4 is 10.3 Å². The van der Waals surface area contributed by atoms with Gasteiger partial charge < -0.3 is 5.21 Å². The van der Waals surface area contributed by atoms with Crippen molar-refractivity contribution < 1.29 is 14.3 Å². The summed E-state index contributed by atoms with van der Waals surface area (Å²) < 4.78 is 4.50. The van der Waals surface area contributed by atoms with E-state index in [2.05, 4.69) is 41.1 Å². The summed E-state index contributed by atoms with van der Waals surface area (Å²) in [6.45, 7) is 6.35. The summed E-state index contributed by atoms with van der Waals surface area (Å²) in [5.74, 6) is -0.295. The summed E-state index contributed by atoms with van der Waals surface area (Å²) in [6, 6.07) is 12.3. The van der Waals surface area contributed by atoms with Crippen LogP contribution in [-0.2, 0) is 5.41 Å². The first-order chi connectivity index (χ1) is 11.8. The van der Waals surface area contributed by atoms with Crippen LogP contribution in [0.25, 0.3) is 11.0 Å². The van der Waals surface area contributed by atoms with Crippen molar-refractivity contribution in [3.63, 3.8) is 0 Å². The van der Waals surface area contributed by atoms with Gasteiger partial charge in [0.05, 0.1) is 6.21 Å². The zero-order valence-corrected chi connectivity index (χ0v) is 14.2. The van der Waals surface area contributed by atoms with E-state index in [0.29, 0.717) is 27.1 Å². The lowest BCUT2D eigenvalue weighted by molar-refractivity contribution is -0.782. The van der Waals surface area contributed by atoms with Gasteiger partial charge >= 0.3 is 0 Å². The first-order valence-corrected chi connectivity index (χ1v) is 7.78. The fraction of sp³-hybridized carbons (Fsp3) is 0.222. The lowest BCUT2D eigenvalue weighted by Gasteiger charge is -2.18. The highest BCUT2D eigenvalue weighted by atomic mass is 16.8. The summed E-state index contributed by atoms with van der Waals surface area (Å²) >= 11 is 0. The highest BCUT2D eigenvalue weighted by Gasteiger charge is 2.14. The summed E-state index contributed by atoms with van der Waals surface area (Å²) in [4.78, 5) is 12.4. The summed E-state index contributed by atoms with van der Waals surface area (Å²) in [5.41, 5.74) is 5.64. The Morgan fingerprint density at radius 1 is 1.24 bits per heavy atom. The van der Waals surface area contributed by atoms with Crippen LogP contribution >= 0.6 is 0 Å². The lowest BCUT2D eigenvalue weighted by Crippen LogP contribution is -2.22. The average Bonchev–Trinajstić information content (AvgIpc) is 2.95. The largest absolute Gasteiger partial charge is 0.359 e. The van der Waals surface area contributed by atoms with Crippen LogP contribution in [0.1, 0.15) is 42.3 Å². The van der Waals surface area contributed by atoms with Crippen LogP contribution in [-0.4, -0.2) is 17.3 Å². The minimum absolute atomic E-state index is 0.0369. The van der Waals surface area contributed by atoms with Crippen LogP contribution in [0.2, 0.25) is 0 Å². The van der Waals surface area contributed by atoms with Crippen LogP contribution in [0.5, 0.6) is 0 Å². The fourth-order valence-electron chi connectivity index (χ4n) is 2.32. The molecule has 0 atom stereocenters. The number of nitrogens with one attached hydrogen (secondary N) is 1. The number of hydrogen-bond donors (Lipinski definition) is 1. The van der Waals surface area contributed by atoms with Crippen molar-refractivity contribution in [3.8, 4) is 0 Å². The molecule has 0 radical (unpaired) electrons. The van der Waals surface area contributed by atoms with Crippen LogP contribution in [0.15, 0.2) is 52.2 Å². The fourth-order valence-corrected chi connectivity index (χ4v) is 2.32. The first-order valence-electron chi connectivity index (χ1n) is 7.78.